The van der Waals surface area contributed by atoms with Crippen LogP contribution in [0.2, 0.25) is 0 Å². The van der Waals surface area contributed by atoms with Crippen molar-refractivity contribution in [3.8, 4) is 0 Å². The monoisotopic (exact) mass is 552 g/mol. The zero-order chi connectivity index (χ0) is 21.0. The van der Waals surface area contributed by atoms with Crippen LogP contribution in [-0.2, 0) is 21.3 Å². The molecule has 30 heavy (non-hydrogen) atoms. The van der Waals surface area contributed by atoms with Crippen molar-refractivity contribution >= 4 is 40.0 Å². The first kappa shape index (κ1) is 27.1. The minimum Gasteiger partial charge on any atom is -0.385 e. The van der Waals surface area contributed by atoms with Crippen molar-refractivity contribution in [2.75, 3.05) is 39.1 Å². The first-order valence-corrected chi connectivity index (χ1v) is 12.2. The van der Waals surface area contributed by atoms with Gasteiger partial charge < -0.3 is 15.4 Å². The molecular formula is C21H37IN4O3S. The maximum atomic E-state index is 12.3. The fourth-order valence-corrected chi connectivity index (χ4v) is 4.59. The molecule has 0 atom stereocenters. The molecule has 1 aliphatic carbocycles. The minimum absolute atomic E-state index is 0. The predicted molar refractivity (Wildman–Crippen MR) is 134 cm³/mol. The van der Waals surface area contributed by atoms with Gasteiger partial charge in [0, 0.05) is 39.9 Å². The lowest BCUT2D eigenvalue weighted by molar-refractivity contribution is 0.141. The summed E-state index contributed by atoms with van der Waals surface area (Å²) in [4.78, 5) is 4.76. The number of aliphatic imine (C=N–C) groups is 1. The van der Waals surface area contributed by atoms with E-state index in [0.29, 0.717) is 19.0 Å². The number of nitrogens with zero attached hydrogens (tertiary/aromatic N) is 1. The second kappa shape index (κ2) is 14.2. The summed E-state index contributed by atoms with van der Waals surface area (Å²) in [5, 5.41) is 6.38. The number of guanidine groups is 1. The number of benzene rings is 1. The third-order valence-corrected chi connectivity index (χ3v) is 6.75. The van der Waals surface area contributed by atoms with Gasteiger partial charge in [-0.3, -0.25) is 4.99 Å². The van der Waals surface area contributed by atoms with Crippen LogP contribution in [0.4, 0.5) is 0 Å². The fraction of sp³-hybridized carbons (Fsp3) is 0.667. The van der Waals surface area contributed by atoms with Crippen molar-refractivity contribution in [1.82, 2.24) is 15.4 Å². The molecule has 1 aliphatic rings. The number of hydrogen-bond donors (Lipinski definition) is 3. The van der Waals surface area contributed by atoms with Gasteiger partial charge in [-0.15, -0.1) is 24.0 Å². The Kier molecular flexibility index (Phi) is 12.8. The van der Waals surface area contributed by atoms with Gasteiger partial charge in [0.05, 0.1) is 5.75 Å². The van der Waals surface area contributed by atoms with E-state index in [1.807, 2.05) is 37.3 Å². The molecule has 0 radical (unpaired) electrons. The van der Waals surface area contributed by atoms with Crippen molar-refractivity contribution < 1.29 is 13.2 Å². The van der Waals surface area contributed by atoms with E-state index in [1.54, 1.807) is 7.11 Å². The van der Waals surface area contributed by atoms with Crippen LogP contribution >= 0.6 is 24.0 Å². The van der Waals surface area contributed by atoms with Gasteiger partial charge in [-0.2, -0.15) is 0 Å². The molecule has 9 heteroatoms. The van der Waals surface area contributed by atoms with Crippen LogP contribution in [-0.4, -0.2) is 53.5 Å². The van der Waals surface area contributed by atoms with E-state index in [4.69, 9.17) is 9.73 Å². The Morgan fingerprint density at radius 3 is 2.50 bits per heavy atom. The second-order valence-electron chi connectivity index (χ2n) is 7.70. The molecule has 0 aromatic heterocycles. The molecule has 7 nitrogen and oxygen atoms in total. The van der Waals surface area contributed by atoms with Crippen LogP contribution in [0, 0.1) is 5.41 Å². The highest BCUT2D eigenvalue weighted by molar-refractivity contribution is 14.0. The molecule has 1 fully saturated rings. The Hall–Kier alpha value is -0.910. The van der Waals surface area contributed by atoms with Gasteiger partial charge in [0.15, 0.2) is 5.96 Å². The van der Waals surface area contributed by atoms with Crippen LogP contribution < -0.4 is 15.4 Å². The minimum atomic E-state index is -3.36. The maximum absolute atomic E-state index is 12.3. The van der Waals surface area contributed by atoms with Gasteiger partial charge in [-0.1, -0.05) is 43.2 Å². The quantitative estimate of drug-likeness (QED) is 0.211. The Balaban J connectivity index is 0.00000450. The van der Waals surface area contributed by atoms with Crippen LogP contribution in [0.25, 0.3) is 0 Å². The van der Waals surface area contributed by atoms with Crippen molar-refractivity contribution in [3.05, 3.63) is 35.9 Å². The molecule has 0 saturated heterocycles. The SMILES string of the molecule is CCNC(=NCC1(CCOC)CCCC1)NCCS(=O)(=O)NCc1ccccc1.I. The molecule has 0 aliphatic heterocycles. The second-order valence-corrected chi connectivity index (χ2v) is 9.62. The Morgan fingerprint density at radius 1 is 1.17 bits per heavy atom. The maximum Gasteiger partial charge on any atom is 0.213 e. The summed E-state index contributed by atoms with van der Waals surface area (Å²) < 4.78 is 32.4. The van der Waals surface area contributed by atoms with Crippen molar-refractivity contribution in [3.63, 3.8) is 0 Å². The van der Waals surface area contributed by atoms with Crippen LogP contribution in [0.1, 0.15) is 44.6 Å². The van der Waals surface area contributed by atoms with Crippen LogP contribution in [0.3, 0.4) is 0 Å². The Morgan fingerprint density at radius 2 is 1.87 bits per heavy atom. The Labute approximate surface area is 198 Å². The lowest BCUT2D eigenvalue weighted by Gasteiger charge is -2.27. The largest absolute Gasteiger partial charge is 0.385 e. The van der Waals surface area contributed by atoms with E-state index in [2.05, 4.69) is 15.4 Å². The van der Waals surface area contributed by atoms with Gasteiger partial charge in [-0.25, -0.2) is 13.1 Å². The molecule has 0 bridgehead atoms. The van der Waals surface area contributed by atoms with Crippen molar-refractivity contribution in [2.24, 2.45) is 10.4 Å². The molecular weight excluding hydrogens is 515 g/mol. The molecule has 0 unspecified atom stereocenters. The lowest BCUT2D eigenvalue weighted by atomic mass is 9.83. The smallest absolute Gasteiger partial charge is 0.213 e. The lowest BCUT2D eigenvalue weighted by Crippen LogP contribution is -2.41. The first-order chi connectivity index (χ1) is 14.0. The van der Waals surface area contributed by atoms with Crippen LogP contribution in [0.15, 0.2) is 35.3 Å². The molecule has 1 aromatic rings. The molecule has 3 N–H and O–H groups in total. The third kappa shape index (κ3) is 9.93. The van der Waals surface area contributed by atoms with E-state index in [-0.39, 0.29) is 35.1 Å². The zero-order valence-electron chi connectivity index (χ0n) is 18.2. The Bertz CT molecular complexity index is 723. The molecule has 1 aromatic carbocycles. The highest BCUT2D eigenvalue weighted by Crippen LogP contribution is 2.41. The highest BCUT2D eigenvalue weighted by Gasteiger charge is 2.33. The summed E-state index contributed by atoms with van der Waals surface area (Å²) in [6.45, 7) is 4.84. The molecule has 172 valence electrons. The zero-order valence-corrected chi connectivity index (χ0v) is 21.3. The van der Waals surface area contributed by atoms with Gasteiger partial charge in [0.2, 0.25) is 10.0 Å². The molecule has 0 spiro atoms. The van der Waals surface area contributed by atoms with Gasteiger partial charge >= 0.3 is 0 Å². The molecule has 0 amide bonds. The first-order valence-electron chi connectivity index (χ1n) is 10.5. The normalized spacial score (nSPS) is 16.1. The van der Waals surface area contributed by atoms with E-state index in [0.717, 1.165) is 31.7 Å². The number of sulfonamides is 1. The molecule has 1 saturated carbocycles. The predicted octanol–water partition coefficient (Wildman–Crippen LogP) is 2.88. The number of halogens is 1. The van der Waals surface area contributed by atoms with E-state index >= 15 is 0 Å². The number of methoxy groups -OCH3 is 1. The summed E-state index contributed by atoms with van der Waals surface area (Å²) in [7, 11) is -1.62. The van der Waals surface area contributed by atoms with Crippen LogP contribution in [0.5, 0.6) is 0 Å². The fourth-order valence-electron chi connectivity index (χ4n) is 3.68. The van der Waals surface area contributed by atoms with E-state index in [9.17, 15) is 8.42 Å². The average molecular weight is 553 g/mol. The van der Waals surface area contributed by atoms with Gasteiger partial charge in [0.25, 0.3) is 0 Å². The summed E-state index contributed by atoms with van der Waals surface area (Å²) in [5.41, 5.74) is 1.15. The number of hydrogen-bond acceptors (Lipinski definition) is 4. The summed E-state index contributed by atoms with van der Waals surface area (Å²) in [5.74, 6) is 0.674. The number of rotatable bonds is 12. The molecule has 0 heterocycles. The van der Waals surface area contributed by atoms with E-state index < -0.39 is 10.0 Å². The van der Waals surface area contributed by atoms with Gasteiger partial charge in [-0.05, 0) is 37.2 Å². The summed E-state index contributed by atoms with van der Waals surface area (Å²) >= 11 is 0. The van der Waals surface area contributed by atoms with Crippen molar-refractivity contribution in [2.45, 2.75) is 45.6 Å². The average Bonchev–Trinajstić information content (AvgIpc) is 3.19. The summed E-state index contributed by atoms with van der Waals surface area (Å²) in [6.07, 6.45) is 5.86. The number of ether oxygens (including phenoxy) is 1. The van der Waals surface area contributed by atoms with Gasteiger partial charge in [0.1, 0.15) is 0 Å². The number of nitrogens with one attached hydrogen (secondary N) is 3. The molecule has 2 rings (SSSR count). The topological polar surface area (TPSA) is 91.8 Å². The summed E-state index contributed by atoms with van der Waals surface area (Å²) in [6, 6.07) is 9.51. The highest BCUT2D eigenvalue weighted by atomic mass is 127. The van der Waals surface area contributed by atoms with Crippen molar-refractivity contribution in [1.29, 1.82) is 0 Å². The third-order valence-electron chi connectivity index (χ3n) is 5.42. The standard InChI is InChI=1S/C21H36N4O3S.HI/c1-3-22-20(24-18-21(13-15-28-2)11-7-8-12-21)23-14-16-29(26,27)25-17-19-9-5-4-6-10-19;/h4-6,9-10,25H,3,7-8,11-18H2,1-2H3,(H2,22,23,24);1H. The van der Waals surface area contributed by atoms with E-state index in [1.165, 1.54) is 25.7 Å².